The minimum Gasteiger partial charge on any atom is -0.118 e. The van der Waals surface area contributed by atoms with E-state index in [4.69, 9.17) is 11.6 Å². The van der Waals surface area contributed by atoms with Crippen LogP contribution >= 0.6 is 11.6 Å². The zero-order valence-electron chi connectivity index (χ0n) is 13.3. The molecule has 0 aliphatic heterocycles. The molecule has 0 aromatic heterocycles. The van der Waals surface area contributed by atoms with E-state index in [1.807, 2.05) is 0 Å². The number of rotatable bonds is 2. The van der Waals surface area contributed by atoms with Gasteiger partial charge in [0.2, 0.25) is 0 Å². The van der Waals surface area contributed by atoms with Crippen molar-refractivity contribution in [2.75, 3.05) is 0 Å². The minimum atomic E-state index is 0.196. The van der Waals surface area contributed by atoms with Crippen LogP contribution in [0.3, 0.4) is 0 Å². The molecule has 1 atom stereocenters. The molecule has 1 fully saturated rings. The number of benzene rings is 1. The van der Waals surface area contributed by atoms with Crippen molar-refractivity contribution >= 4 is 11.6 Å². The van der Waals surface area contributed by atoms with Gasteiger partial charge in [-0.25, -0.2) is 0 Å². The second-order valence-corrected chi connectivity index (χ2v) is 7.85. The monoisotopic (exact) mass is 292 g/mol. The van der Waals surface area contributed by atoms with E-state index in [0.717, 1.165) is 0 Å². The summed E-state index contributed by atoms with van der Waals surface area (Å²) in [5.41, 5.74) is 2.92. The maximum Gasteiger partial charge on any atom is 0.0613 e. The third-order valence-electron chi connectivity index (χ3n) is 4.66. The lowest BCUT2D eigenvalue weighted by Crippen LogP contribution is -2.13. The van der Waals surface area contributed by atoms with Gasteiger partial charge in [0.05, 0.1) is 5.38 Å². The molecule has 2 rings (SSSR count). The number of halogens is 1. The van der Waals surface area contributed by atoms with E-state index in [1.54, 1.807) is 0 Å². The van der Waals surface area contributed by atoms with E-state index in [9.17, 15) is 0 Å². The van der Waals surface area contributed by atoms with Gasteiger partial charge in [-0.2, -0.15) is 0 Å². The number of hydrogen-bond acceptors (Lipinski definition) is 0. The van der Waals surface area contributed by atoms with Crippen LogP contribution in [0.15, 0.2) is 24.3 Å². The molecule has 0 spiro atoms. The SMILES string of the molecule is CC(C)(C)c1ccc(C(Cl)C2CCCCCCC2)cc1. The summed E-state index contributed by atoms with van der Waals surface area (Å²) >= 11 is 6.78. The summed E-state index contributed by atoms with van der Waals surface area (Å²) in [5, 5.41) is 0.196. The Kier molecular flexibility index (Phi) is 5.55. The molecule has 1 saturated carbocycles. The zero-order chi connectivity index (χ0) is 14.6. The molecule has 1 unspecified atom stereocenters. The van der Waals surface area contributed by atoms with Crippen molar-refractivity contribution in [3.8, 4) is 0 Å². The zero-order valence-corrected chi connectivity index (χ0v) is 14.0. The molecule has 1 aromatic carbocycles. The Morgan fingerprint density at radius 1 is 0.900 bits per heavy atom. The lowest BCUT2D eigenvalue weighted by molar-refractivity contribution is 0.368. The topological polar surface area (TPSA) is 0 Å². The molecule has 0 bridgehead atoms. The first-order valence-electron chi connectivity index (χ1n) is 8.23. The average molecular weight is 293 g/mol. The normalized spacial score (nSPS) is 20.2. The Morgan fingerprint density at radius 2 is 1.40 bits per heavy atom. The number of alkyl halides is 1. The van der Waals surface area contributed by atoms with Gasteiger partial charge in [-0.05, 0) is 35.3 Å². The van der Waals surface area contributed by atoms with Crippen LogP contribution in [0.25, 0.3) is 0 Å². The Hall–Kier alpha value is -0.490. The van der Waals surface area contributed by atoms with Crippen molar-refractivity contribution in [2.45, 2.75) is 76.5 Å². The molecule has 20 heavy (non-hydrogen) atoms. The third kappa shape index (κ3) is 4.25. The summed E-state index contributed by atoms with van der Waals surface area (Å²) in [5.74, 6) is 0.664. The van der Waals surface area contributed by atoms with E-state index < -0.39 is 0 Å². The van der Waals surface area contributed by atoms with Crippen LogP contribution in [0.5, 0.6) is 0 Å². The lowest BCUT2D eigenvalue weighted by Gasteiger charge is -2.25. The molecule has 0 heterocycles. The molecule has 0 amide bonds. The molecule has 1 aromatic rings. The first-order chi connectivity index (χ1) is 9.48. The van der Waals surface area contributed by atoms with Gasteiger partial charge in [0.15, 0.2) is 0 Å². The standard InChI is InChI=1S/C19H29Cl/c1-19(2,3)17-13-11-16(12-14-17)18(20)15-9-7-5-4-6-8-10-15/h11-15,18H,4-10H2,1-3H3. The van der Waals surface area contributed by atoms with Gasteiger partial charge < -0.3 is 0 Å². The van der Waals surface area contributed by atoms with Gasteiger partial charge in [0.25, 0.3) is 0 Å². The first-order valence-corrected chi connectivity index (χ1v) is 8.66. The van der Waals surface area contributed by atoms with Crippen LogP contribution in [0.4, 0.5) is 0 Å². The molecular weight excluding hydrogens is 264 g/mol. The highest BCUT2D eigenvalue weighted by molar-refractivity contribution is 6.21. The second-order valence-electron chi connectivity index (χ2n) is 7.38. The Morgan fingerprint density at radius 3 is 1.90 bits per heavy atom. The van der Waals surface area contributed by atoms with E-state index in [-0.39, 0.29) is 10.8 Å². The molecule has 0 N–H and O–H groups in total. The maximum absolute atomic E-state index is 6.78. The van der Waals surface area contributed by atoms with Crippen LogP contribution < -0.4 is 0 Å². The van der Waals surface area contributed by atoms with Gasteiger partial charge in [-0.1, -0.05) is 77.1 Å². The summed E-state index contributed by atoms with van der Waals surface area (Å²) in [6.07, 6.45) is 9.51. The van der Waals surface area contributed by atoms with Crippen LogP contribution in [-0.2, 0) is 5.41 Å². The Labute approximate surface area is 129 Å². The van der Waals surface area contributed by atoms with Crippen LogP contribution in [0.2, 0.25) is 0 Å². The Bertz CT molecular complexity index is 391. The molecule has 0 radical (unpaired) electrons. The van der Waals surface area contributed by atoms with Gasteiger partial charge in [-0.15, -0.1) is 11.6 Å². The predicted molar refractivity (Wildman–Crippen MR) is 89.5 cm³/mol. The highest BCUT2D eigenvalue weighted by atomic mass is 35.5. The molecule has 1 aliphatic rings. The van der Waals surface area contributed by atoms with E-state index in [1.165, 1.54) is 56.1 Å². The van der Waals surface area contributed by atoms with Crippen molar-refractivity contribution in [1.29, 1.82) is 0 Å². The highest BCUT2D eigenvalue weighted by Crippen LogP contribution is 2.38. The predicted octanol–water partition coefficient (Wildman–Crippen LogP) is 6.62. The van der Waals surface area contributed by atoms with Gasteiger partial charge >= 0.3 is 0 Å². The highest BCUT2D eigenvalue weighted by Gasteiger charge is 2.22. The van der Waals surface area contributed by atoms with Crippen LogP contribution in [0, 0.1) is 5.92 Å². The van der Waals surface area contributed by atoms with Crippen molar-refractivity contribution in [2.24, 2.45) is 5.92 Å². The van der Waals surface area contributed by atoms with Crippen molar-refractivity contribution in [3.05, 3.63) is 35.4 Å². The van der Waals surface area contributed by atoms with E-state index in [0.29, 0.717) is 5.92 Å². The molecule has 0 saturated heterocycles. The smallest absolute Gasteiger partial charge is 0.0613 e. The van der Waals surface area contributed by atoms with Crippen molar-refractivity contribution in [1.82, 2.24) is 0 Å². The molecular formula is C19H29Cl. The van der Waals surface area contributed by atoms with Gasteiger partial charge in [0, 0.05) is 0 Å². The van der Waals surface area contributed by atoms with Gasteiger partial charge in [-0.3, -0.25) is 0 Å². The lowest BCUT2D eigenvalue weighted by atomic mass is 9.84. The molecule has 112 valence electrons. The number of hydrogen-bond donors (Lipinski definition) is 0. The quantitative estimate of drug-likeness (QED) is 0.537. The van der Waals surface area contributed by atoms with Crippen molar-refractivity contribution < 1.29 is 0 Å². The minimum absolute atomic E-state index is 0.196. The van der Waals surface area contributed by atoms with E-state index >= 15 is 0 Å². The molecule has 0 nitrogen and oxygen atoms in total. The van der Waals surface area contributed by atoms with Crippen LogP contribution in [0.1, 0.15) is 82.2 Å². The molecule has 1 aliphatic carbocycles. The second kappa shape index (κ2) is 6.98. The summed E-state index contributed by atoms with van der Waals surface area (Å²) in [4.78, 5) is 0. The fraction of sp³-hybridized carbons (Fsp3) is 0.684. The summed E-state index contributed by atoms with van der Waals surface area (Å²) in [6, 6.07) is 9.01. The largest absolute Gasteiger partial charge is 0.118 e. The van der Waals surface area contributed by atoms with E-state index in [2.05, 4.69) is 45.0 Å². The average Bonchev–Trinajstić information content (AvgIpc) is 2.37. The van der Waals surface area contributed by atoms with Gasteiger partial charge in [0.1, 0.15) is 0 Å². The Balaban J connectivity index is 2.05. The maximum atomic E-state index is 6.78. The summed E-state index contributed by atoms with van der Waals surface area (Å²) < 4.78 is 0. The summed E-state index contributed by atoms with van der Waals surface area (Å²) in [6.45, 7) is 6.78. The third-order valence-corrected chi connectivity index (χ3v) is 5.27. The fourth-order valence-corrected chi connectivity index (χ4v) is 3.62. The molecule has 1 heteroatoms. The van der Waals surface area contributed by atoms with Crippen molar-refractivity contribution in [3.63, 3.8) is 0 Å². The van der Waals surface area contributed by atoms with Crippen LogP contribution in [-0.4, -0.2) is 0 Å². The first kappa shape index (κ1) is 15.9. The summed E-state index contributed by atoms with van der Waals surface area (Å²) in [7, 11) is 0. The fourth-order valence-electron chi connectivity index (χ4n) is 3.22.